The highest BCUT2D eigenvalue weighted by atomic mass is 31.2. The molecular formula is C50H83NO9P+. The van der Waals surface area contributed by atoms with E-state index in [4.69, 9.17) is 18.5 Å². The van der Waals surface area contributed by atoms with Gasteiger partial charge in [-0.15, -0.1) is 0 Å². The number of carbonyl (C=O) groups excluding carboxylic acids is 3. The lowest BCUT2D eigenvalue weighted by atomic mass is 10.1. The number of hydrogen-bond donors (Lipinski definition) is 1. The van der Waals surface area contributed by atoms with E-state index in [2.05, 4.69) is 86.8 Å². The third-order valence-corrected chi connectivity index (χ3v) is 10.0. The van der Waals surface area contributed by atoms with Gasteiger partial charge in [-0.2, -0.15) is 0 Å². The van der Waals surface area contributed by atoms with Crippen LogP contribution in [0, 0.1) is 0 Å². The lowest BCUT2D eigenvalue weighted by molar-refractivity contribution is -0.870. The molecule has 0 aromatic rings. The standard InChI is InChI=1S/C50H82NO9P/c1-6-8-10-12-14-16-18-20-21-22-23-24-25-27-29-31-33-35-37-41-49(53)57-45-48(46-59-61(55,56)58-44-43-51(3,4)5)60-50(54)42-38-40-47(52)39-36-34-32-30-28-26-19-17-15-13-11-9-7-2/h14-17,20-21,23-24,26-29,32,34,36,39,48H,6-13,18-19,22,25,30-31,33,35,37-38,40-46H2,1-5H3/p+1/b16-14-,17-15-,21-20-,24-23-,28-26-,29-27-,34-32-,39-36+/t48-/m1/s1. The van der Waals surface area contributed by atoms with Crippen molar-refractivity contribution in [2.45, 2.75) is 155 Å². The number of phosphoric ester groups is 1. The molecule has 1 N–H and O–H groups in total. The van der Waals surface area contributed by atoms with Gasteiger partial charge in [-0.05, 0) is 89.5 Å². The molecular weight excluding hydrogens is 790 g/mol. The van der Waals surface area contributed by atoms with E-state index in [0.29, 0.717) is 17.4 Å². The van der Waals surface area contributed by atoms with Crippen LogP contribution in [0.4, 0.5) is 0 Å². The van der Waals surface area contributed by atoms with Crippen molar-refractivity contribution >= 4 is 25.5 Å². The summed E-state index contributed by atoms with van der Waals surface area (Å²) >= 11 is 0. The molecule has 0 aliphatic heterocycles. The first-order valence-corrected chi connectivity index (χ1v) is 24.4. The van der Waals surface area contributed by atoms with Gasteiger partial charge in [-0.1, -0.05) is 137 Å². The van der Waals surface area contributed by atoms with Crippen LogP contribution in [0.3, 0.4) is 0 Å². The molecule has 1 unspecified atom stereocenters. The maximum absolute atomic E-state index is 12.7. The van der Waals surface area contributed by atoms with Gasteiger partial charge in [0.05, 0.1) is 27.7 Å². The smallest absolute Gasteiger partial charge is 0.462 e. The monoisotopic (exact) mass is 873 g/mol. The summed E-state index contributed by atoms with van der Waals surface area (Å²) in [6.07, 6.45) is 50.3. The molecule has 0 aliphatic carbocycles. The van der Waals surface area contributed by atoms with Gasteiger partial charge in [0, 0.05) is 19.3 Å². The lowest BCUT2D eigenvalue weighted by Gasteiger charge is -2.24. The minimum absolute atomic E-state index is 0.0223. The van der Waals surface area contributed by atoms with E-state index in [0.717, 1.165) is 57.8 Å². The Labute approximate surface area is 370 Å². The number of carbonyl (C=O) groups is 3. The molecule has 61 heavy (non-hydrogen) atoms. The number of rotatable bonds is 40. The fourth-order valence-corrected chi connectivity index (χ4v) is 6.16. The third-order valence-electron chi connectivity index (χ3n) is 9.06. The number of quaternary nitrogens is 1. The molecule has 11 heteroatoms. The van der Waals surface area contributed by atoms with Gasteiger partial charge >= 0.3 is 19.8 Å². The van der Waals surface area contributed by atoms with Crippen molar-refractivity contribution in [1.29, 1.82) is 0 Å². The molecule has 0 aromatic heterocycles. The van der Waals surface area contributed by atoms with Crippen molar-refractivity contribution in [2.75, 3.05) is 47.5 Å². The molecule has 0 fully saturated rings. The fourth-order valence-electron chi connectivity index (χ4n) is 5.42. The number of esters is 2. The zero-order valence-corrected chi connectivity index (χ0v) is 39.5. The lowest BCUT2D eigenvalue weighted by Crippen LogP contribution is -2.37. The van der Waals surface area contributed by atoms with Gasteiger partial charge < -0.3 is 18.9 Å². The normalized spacial score (nSPS) is 14.3. The average Bonchev–Trinajstić information content (AvgIpc) is 3.21. The molecule has 0 rings (SSSR count). The molecule has 0 heterocycles. The summed E-state index contributed by atoms with van der Waals surface area (Å²) in [7, 11) is 1.30. The number of likely N-dealkylation sites (N-methyl/N-ethyl adjacent to an activating group) is 1. The second-order valence-electron chi connectivity index (χ2n) is 16.1. The number of phosphoric acid groups is 1. The summed E-state index contributed by atoms with van der Waals surface area (Å²) in [6, 6.07) is 0. The van der Waals surface area contributed by atoms with Gasteiger partial charge in [0.25, 0.3) is 0 Å². The Morgan fingerprint density at radius 1 is 0.557 bits per heavy atom. The Bertz CT molecular complexity index is 1420. The quantitative estimate of drug-likeness (QED) is 0.0122. The minimum atomic E-state index is -4.46. The molecule has 346 valence electrons. The molecule has 0 bridgehead atoms. The summed E-state index contributed by atoms with van der Waals surface area (Å²) in [4.78, 5) is 47.7. The SMILES string of the molecule is CCCCC/C=C\C/C=C\C/C=C\C=C\C(=O)CCCC(=O)O[C@H](COC(=O)CCCCC/C=C\C/C=C\C/C=C\C/C=C\CCCCC)COP(=O)(O)OCC[N+](C)(C)C. The summed E-state index contributed by atoms with van der Waals surface area (Å²) < 4.78 is 34.0. The van der Waals surface area contributed by atoms with E-state index < -0.39 is 32.5 Å². The summed E-state index contributed by atoms with van der Waals surface area (Å²) in [5.41, 5.74) is 0. The summed E-state index contributed by atoms with van der Waals surface area (Å²) in [6.45, 7) is 4.02. The van der Waals surface area contributed by atoms with E-state index in [1.807, 2.05) is 33.3 Å². The highest BCUT2D eigenvalue weighted by molar-refractivity contribution is 7.47. The number of unbranched alkanes of at least 4 members (excludes halogenated alkanes) is 9. The van der Waals surface area contributed by atoms with E-state index in [1.165, 1.54) is 51.0 Å². The van der Waals surface area contributed by atoms with E-state index in [-0.39, 0.29) is 44.7 Å². The Morgan fingerprint density at radius 2 is 1.05 bits per heavy atom. The van der Waals surface area contributed by atoms with E-state index in [1.54, 1.807) is 6.08 Å². The van der Waals surface area contributed by atoms with Crippen molar-refractivity contribution in [3.8, 4) is 0 Å². The molecule has 0 saturated heterocycles. The van der Waals surface area contributed by atoms with E-state index >= 15 is 0 Å². The van der Waals surface area contributed by atoms with Crippen LogP contribution in [-0.2, 0) is 37.5 Å². The average molecular weight is 873 g/mol. The van der Waals surface area contributed by atoms with Crippen molar-refractivity contribution in [3.05, 3.63) is 97.2 Å². The first-order chi connectivity index (χ1) is 29.4. The van der Waals surface area contributed by atoms with Crippen molar-refractivity contribution in [2.24, 2.45) is 0 Å². The summed E-state index contributed by atoms with van der Waals surface area (Å²) in [5, 5.41) is 0. The minimum Gasteiger partial charge on any atom is -0.462 e. The van der Waals surface area contributed by atoms with Crippen LogP contribution in [0.5, 0.6) is 0 Å². The second-order valence-corrected chi connectivity index (χ2v) is 17.6. The number of nitrogens with zero attached hydrogens (tertiary/aromatic N) is 1. The Hall–Kier alpha value is -3.40. The number of ether oxygens (including phenoxy) is 2. The topological polar surface area (TPSA) is 125 Å². The van der Waals surface area contributed by atoms with Crippen LogP contribution >= 0.6 is 7.82 Å². The number of hydrogen-bond acceptors (Lipinski definition) is 8. The van der Waals surface area contributed by atoms with Crippen LogP contribution < -0.4 is 0 Å². The molecule has 0 amide bonds. The molecule has 2 atom stereocenters. The highest BCUT2D eigenvalue weighted by Crippen LogP contribution is 2.43. The molecule has 10 nitrogen and oxygen atoms in total. The van der Waals surface area contributed by atoms with Crippen molar-refractivity contribution in [1.82, 2.24) is 0 Å². The second kappa shape index (κ2) is 40.7. The zero-order chi connectivity index (χ0) is 45.1. The predicted octanol–water partition coefficient (Wildman–Crippen LogP) is 12.5. The van der Waals surface area contributed by atoms with E-state index in [9.17, 15) is 23.8 Å². The van der Waals surface area contributed by atoms with Crippen molar-refractivity contribution in [3.63, 3.8) is 0 Å². The van der Waals surface area contributed by atoms with Gasteiger partial charge in [0.1, 0.15) is 19.8 Å². The largest absolute Gasteiger partial charge is 0.472 e. The van der Waals surface area contributed by atoms with Gasteiger partial charge in [-0.3, -0.25) is 23.4 Å². The predicted molar refractivity (Wildman–Crippen MR) is 252 cm³/mol. The van der Waals surface area contributed by atoms with Gasteiger partial charge in [0.15, 0.2) is 11.9 Å². The Morgan fingerprint density at radius 3 is 1.57 bits per heavy atom. The maximum Gasteiger partial charge on any atom is 0.472 e. The van der Waals surface area contributed by atoms with Gasteiger partial charge in [-0.25, -0.2) is 4.57 Å². The number of allylic oxidation sites excluding steroid dienone is 16. The first kappa shape index (κ1) is 57.6. The van der Waals surface area contributed by atoms with Crippen LogP contribution in [0.1, 0.15) is 149 Å². The molecule has 0 saturated carbocycles. The molecule has 0 aromatic carbocycles. The van der Waals surface area contributed by atoms with Crippen LogP contribution in [0.15, 0.2) is 97.2 Å². The Balaban J connectivity index is 4.61. The Kier molecular flexibility index (Phi) is 38.4. The van der Waals surface area contributed by atoms with Crippen LogP contribution in [0.2, 0.25) is 0 Å². The molecule has 0 radical (unpaired) electrons. The maximum atomic E-state index is 12.7. The first-order valence-electron chi connectivity index (χ1n) is 22.9. The highest BCUT2D eigenvalue weighted by Gasteiger charge is 2.27. The molecule has 0 spiro atoms. The zero-order valence-electron chi connectivity index (χ0n) is 38.6. The fraction of sp³-hybridized carbons (Fsp3) is 0.620. The summed E-state index contributed by atoms with van der Waals surface area (Å²) in [5.74, 6) is -1.22. The third kappa shape index (κ3) is 44.5. The van der Waals surface area contributed by atoms with Crippen molar-refractivity contribution < 1.29 is 46.8 Å². The van der Waals surface area contributed by atoms with Gasteiger partial charge in [0.2, 0.25) is 0 Å². The van der Waals surface area contributed by atoms with Crippen LogP contribution in [-0.4, -0.2) is 80.7 Å². The van der Waals surface area contributed by atoms with Crippen LogP contribution in [0.25, 0.3) is 0 Å². The number of ketones is 1. The molecule has 0 aliphatic rings.